The van der Waals surface area contributed by atoms with E-state index in [9.17, 15) is 10.0 Å². The zero-order chi connectivity index (χ0) is 16.5. The van der Waals surface area contributed by atoms with E-state index in [1.54, 1.807) is 13.0 Å². The van der Waals surface area contributed by atoms with E-state index in [0.29, 0.717) is 11.3 Å². The molecule has 0 bridgehead atoms. The molecule has 0 amide bonds. The average molecular weight is 315 g/mol. The van der Waals surface area contributed by atoms with Gasteiger partial charge in [-0.3, -0.25) is 10.0 Å². The fraction of sp³-hybridized carbons (Fsp3) is 0.733. The maximum atomic E-state index is 12.3. The molecular formula is C15H29NO4Si. The first kappa shape index (κ1) is 19.9. The summed E-state index contributed by atoms with van der Waals surface area (Å²) in [7, 11) is -2.02. The largest absolute Gasteiger partial charge is 0.443 e. The molecule has 0 rings (SSSR count). The number of hydrogen-bond donors (Lipinski definition) is 0. The Bertz CT molecular complexity index is 376. The minimum atomic E-state index is -2.02. The Kier molecular flexibility index (Phi) is 8.50. The predicted octanol–water partition coefficient (Wildman–Crippen LogP) is 3.44. The Morgan fingerprint density at radius 3 is 2.48 bits per heavy atom. The maximum absolute atomic E-state index is 12.3. The molecule has 6 heteroatoms. The number of hydrogen-bond acceptors (Lipinski definition) is 4. The van der Waals surface area contributed by atoms with Crippen LogP contribution >= 0.6 is 0 Å². The number of carbonyl (C=O) groups excluding carboxylic acids is 1. The van der Waals surface area contributed by atoms with Gasteiger partial charge in [0, 0.05) is 11.3 Å². The summed E-state index contributed by atoms with van der Waals surface area (Å²) in [6, 6.07) is 0. The van der Waals surface area contributed by atoms with Crippen LogP contribution in [-0.2, 0) is 14.1 Å². The van der Waals surface area contributed by atoms with Gasteiger partial charge in [-0.15, -0.1) is 6.58 Å². The van der Waals surface area contributed by atoms with Gasteiger partial charge in [0.15, 0.2) is 14.1 Å². The fourth-order valence-electron chi connectivity index (χ4n) is 1.70. The van der Waals surface area contributed by atoms with Gasteiger partial charge in [0.1, 0.15) is 0 Å². The van der Waals surface area contributed by atoms with Crippen LogP contribution in [0.25, 0.3) is 0 Å². The van der Waals surface area contributed by atoms with Gasteiger partial charge in [-0.25, -0.2) is 0 Å². The van der Waals surface area contributed by atoms with Gasteiger partial charge in [-0.2, -0.15) is 0 Å². The van der Waals surface area contributed by atoms with Crippen molar-refractivity contribution in [1.82, 2.24) is 0 Å². The van der Waals surface area contributed by atoms with Crippen LogP contribution in [0.15, 0.2) is 12.7 Å². The Balaban J connectivity index is 5.00. The van der Waals surface area contributed by atoms with Gasteiger partial charge in [0.2, 0.25) is 11.8 Å². The van der Waals surface area contributed by atoms with Crippen LogP contribution in [-0.4, -0.2) is 37.4 Å². The van der Waals surface area contributed by atoms with Crippen LogP contribution in [0.5, 0.6) is 0 Å². The van der Waals surface area contributed by atoms with Crippen molar-refractivity contribution in [1.29, 1.82) is 0 Å². The zero-order valence-corrected chi connectivity index (χ0v) is 15.0. The summed E-state index contributed by atoms with van der Waals surface area (Å²) in [6.07, 6.45) is 5.94. The van der Waals surface area contributed by atoms with Crippen LogP contribution in [0.3, 0.4) is 0 Å². The summed E-state index contributed by atoms with van der Waals surface area (Å²) in [5.41, 5.74) is -1.27. The lowest BCUT2D eigenvalue weighted by molar-refractivity contribution is -0.702. The maximum Gasteiger partial charge on any atom is 0.248 e. The van der Waals surface area contributed by atoms with Crippen molar-refractivity contribution in [2.45, 2.75) is 64.8 Å². The molecule has 1 atom stereocenters. The Hall–Kier alpha value is -1.14. The molecule has 0 spiro atoms. The van der Waals surface area contributed by atoms with E-state index >= 15 is 0 Å². The second kappa shape index (κ2) is 8.99. The summed E-state index contributed by atoms with van der Waals surface area (Å²) in [5.74, 6) is -0.113. The summed E-state index contributed by atoms with van der Waals surface area (Å²) in [6.45, 7) is 13.1. The number of carbonyl (C=O) groups is 1. The molecule has 0 aliphatic heterocycles. The van der Waals surface area contributed by atoms with Crippen molar-refractivity contribution in [3.05, 3.63) is 17.9 Å². The Morgan fingerprint density at radius 1 is 1.38 bits per heavy atom. The summed E-state index contributed by atoms with van der Waals surface area (Å²) < 4.78 is 10.8. The molecule has 5 nitrogen and oxygen atoms in total. The normalized spacial score (nSPS) is 15.4. The quantitative estimate of drug-likeness (QED) is 0.146. The Labute approximate surface area is 129 Å². The second-order valence-corrected chi connectivity index (χ2v) is 10.6. The minimum Gasteiger partial charge on any atom is -0.443 e. The number of nitrogens with zero attached hydrogens (tertiary/aromatic N) is 1. The zero-order valence-electron chi connectivity index (χ0n) is 14.0. The van der Waals surface area contributed by atoms with Gasteiger partial charge in [-0.05, 0) is 13.3 Å². The lowest BCUT2D eigenvalue weighted by Gasteiger charge is -2.24. The minimum absolute atomic E-state index is 0.113. The molecule has 122 valence electrons. The number of ketones is 1. The van der Waals surface area contributed by atoms with Crippen LogP contribution < -0.4 is 0 Å². The fourth-order valence-corrected chi connectivity index (χ4v) is 2.30. The number of Topliss-reactive ketones (excluding diaryl/α,β-unsaturated/α-hetero) is 1. The predicted molar refractivity (Wildman–Crippen MR) is 87.8 cm³/mol. The SMILES string of the molecule is C=CCOC(C)(/C=[N+](\[O-])O[Si](C)(C)C)C(=O)CCCCC. The highest BCUT2D eigenvalue weighted by molar-refractivity contribution is 6.69. The third kappa shape index (κ3) is 8.67. The van der Waals surface area contributed by atoms with Crippen LogP contribution in [0.1, 0.15) is 39.5 Å². The number of ether oxygens (including phenoxy) is 1. The summed E-state index contributed by atoms with van der Waals surface area (Å²) in [4.78, 5) is 12.7. The molecule has 0 aliphatic rings. The molecule has 21 heavy (non-hydrogen) atoms. The van der Waals surface area contributed by atoms with E-state index in [-0.39, 0.29) is 12.4 Å². The molecule has 0 fully saturated rings. The number of rotatable bonds is 11. The highest BCUT2D eigenvalue weighted by atomic mass is 28.4. The van der Waals surface area contributed by atoms with Crippen molar-refractivity contribution in [2.24, 2.45) is 0 Å². The molecule has 1 unspecified atom stereocenters. The third-order valence-corrected chi connectivity index (χ3v) is 3.51. The van der Waals surface area contributed by atoms with Crippen LogP contribution in [0.4, 0.5) is 0 Å². The van der Waals surface area contributed by atoms with Crippen LogP contribution in [0.2, 0.25) is 19.6 Å². The van der Waals surface area contributed by atoms with E-state index in [1.165, 1.54) is 6.21 Å². The smallest absolute Gasteiger partial charge is 0.248 e. The van der Waals surface area contributed by atoms with Gasteiger partial charge in [-0.1, -0.05) is 45.5 Å². The topological polar surface area (TPSA) is 61.6 Å². The monoisotopic (exact) mass is 315 g/mol. The molecule has 0 radical (unpaired) electrons. The van der Waals surface area contributed by atoms with Crippen molar-refractivity contribution in [3.8, 4) is 0 Å². The molecule has 0 aromatic heterocycles. The highest BCUT2D eigenvalue weighted by Gasteiger charge is 2.36. The second-order valence-electron chi connectivity index (χ2n) is 6.21. The first-order valence-corrected chi connectivity index (χ1v) is 10.8. The molecule has 0 aromatic rings. The average Bonchev–Trinajstić information content (AvgIpc) is 2.34. The summed E-state index contributed by atoms with van der Waals surface area (Å²) >= 11 is 0. The molecule has 0 saturated carbocycles. The molecule has 0 N–H and O–H groups in total. The number of unbranched alkanes of at least 4 members (excludes halogenated alkanes) is 2. The molecule has 0 heterocycles. The molecule has 0 aromatic carbocycles. The van der Waals surface area contributed by atoms with Gasteiger partial charge >= 0.3 is 0 Å². The Morgan fingerprint density at radius 2 is 2.00 bits per heavy atom. The lowest BCUT2D eigenvalue weighted by atomic mass is 9.97. The molecular weight excluding hydrogens is 286 g/mol. The standard InChI is InChI=1S/C15H29NO4Si/c1-7-9-10-11-14(17)15(3,19-12-8-2)13-16(18)20-21(4,5)6/h8,13H,2,7,9-12H2,1,3-6H3/b16-13+. The third-order valence-electron chi connectivity index (χ3n) is 2.78. The van der Waals surface area contributed by atoms with E-state index in [0.717, 1.165) is 19.3 Å². The molecule has 0 aliphatic carbocycles. The van der Waals surface area contributed by atoms with E-state index in [4.69, 9.17) is 9.26 Å². The van der Waals surface area contributed by atoms with Crippen molar-refractivity contribution < 1.29 is 19.0 Å². The lowest BCUT2D eigenvalue weighted by Crippen LogP contribution is -2.44. The first-order chi connectivity index (χ1) is 9.64. The van der Waals surface area contributed by atoms with Crippen molar-refractivity contribution in [2.75, 3.05) is 6.61 Å². The van der Waals surface area contributed by atoms with Crippen LogP contribution in [0, 0.1) is 5.21 Å². The van der Waals surface area contributed by atoms with E-state index in [2.05, 4.69) is 13.5 Å². The van der Waals surface area contributed by atoms with E-state index in [1.807, 2.05) is 19.6 Å². The van der Waals surface area contributed by atoms with Crippen molar-refractivity contribution >= 4 is 20.3 Å². The van der Waals surface area contributed by atoms with Crippen molar-refractivity contribution in [3.63, 3.8) is 0 Å². The van der Waals surface area contributed by atoms with Gasteiger partial charge in [0.05, 0.1) is 6.61 Å². The van der Waals surface area contributed by atoms with E-state index < -0.39 is 13.9 Å². The first-order valence-electron chi connectivity index (χ1n) is 7.44. The summed E-state index contributed by atoms with van der Waals surface area (Å²) in [5, 5.41) is 11.9. The van der Waals surface area contributed by atoms with Gasteiger partial charge < -0.3 is 9.26 Å². The highest BCUT2D eigenvalue weighted by Crippen LogP contribution is 2.15. The van der Waals surface area contributed by atoms with Gasteiger partial charge in [0.25, 0.3) is 0 Å². The molecule has 0 saturated heterocycles.